The Balaban J connectivity index is 2.46. The van der Waals surface area contributed by atoms with Crippen LogP contribution in [-0.4, -0.2) is 26.7 Å². The predicted molar refractivity (Wildman–Crippen MR) is 71.0 cm³/mol. The van der Waals surface area contributed by atoms with Gasteiger partial charge in [-0.2, -0.15) is 0 Å². The summed E-state index contributed by atoms with van der Waals surface area (Å²) in [6, 6.07) is 0. The average molecular weight is 254 g/mol. The van der Waals surface area contributed by atoms with Crippen molar-refractivity contribution in [3.05, 3.63) is 10.4 Å². The minimum Gasteiger partial charge on any atom is -0.465 e. The third-order valence-corrected chi connectivity index (χ3v) is 4.46. The van der Waals surface area contributed by atoms with Gasteiger partial charge in [-0.3, -0.25) is 0 Å². The maximum atomic E-state index is 11.6. The molecule has 1 aliphatic rings. The molecule has 0 spiro atoms. The quantitative estimate of drug-likeness (QED) is 0.839. The van der Waals surface area contributed by atoms with E-state index in [0.29, 0.717) is 16.5 Å². The molecular formula is C12H18N2O2S. The van der Waals surface area contributed by atoms with Gasteiger partial charge in [0, 0.05) is 19.2 Å². The molecule has 1 aliphatic carbocycles. The average Bonchev–Trinajstić information content (AvgIpc) is 3.11. The zero-order chi connectivity index (χ0) is 12.6. The second kappa shape index (κ2) is 4.56. The molecule has 1 aromatic heterocycles. The van der Waals surface area contributed by atoms with Gasteiger partial charge in [0.2, 0.25) is 0 Å². The largest absolute Gasteiger partial charge is 0.465 e. The van der Waals surface area contributed by atoms with E-state index in [1.165, 1.54) is 31.3 Å². The number of thiophene rings is 1. The van der Waals surface area contributed by atoms with E-state index in [1.54, 1.807) is 0 Å². The number of nitrogens with zero attached hydrogens (tertiary/aromatic N) is 1. The van der Waals surface area contributed by atoms with Crippen molar-refractivity contribution in [2.75, 3.05) is 31.3 Å². The van der Waals surface area contributed by atoms with Gasteiger partial charge in [-0.1, -0.05) is 0 Å². The summed E-state index contributed by atoms with van der Waals surface area (Å²) in [6.45, 7) is 2.99. The van der Waals surface area contributed by atoms with Crippen LogP contribution in [0.5, 0.6) is 0 Å². The van der Waals surface area contributed by atoms with Crippen LogP contribution in [-0.2, 0) is 4.74 Å². The maximum absolute atomic E-state index is 11.6. The number of hydrogen-bond acceptors (Lipinski definition) is 5. The van der Waals surface area contributed by atoms with Crippen LogP contribution in [0.25, 0.3) is 0 Å². The Bertz CT molecular complexity index is 438. The van der Waals surface area contributed by atoms with Gasteiger partial charge in [-0.25, -0.2) is 4.79 Å². The lowest BCUT2D eigenvalue weighted by molar-refractivity contribution is 0.0607. The summed E-state index contributed by atoms with van der Waals surface area (Å²) in [5.41, 5.74) is 7.87. The molecule has 0 atom stereocenters. The number of anilines is 2. The van der Waals surface area contributed by atoms with Crippen LogP contribution in [0.4, 0.5) is 10.7 Å². The van der Waals surface area contributed by atoms with E-state index in [9.17, 15) is 4.79 Å². The normalized spacial score (nSPS) is 14.8. The lowest BCUT2D eigenvalue weighted by atomic mass is 10.1. The Morgan fingerprint density at radius 1 is 1.59 bits per heavy atom. The first-order valence-electron chi connectivity index (χ1n) is 5.81. The van der Waals surface area contributed by atoms with Crippen LogP contribution in [0, 0.1) is 0 Å². The number of hydrogen-bond donors (Lipinski definition) is 1. The lowest BCUT2D eigenvalue weighted by Crippen LogP contribution is -2.15. The molecule has 5 heteroatoms. The highest BCUT2D eigenvalue weighted by Gasteiger charge is 2.34. The number of methoxy groups -OCH3 is 1. The molecule has 0 bridgehead atoms. The number of carbonyl (C=O) groups excluding carboxylic acids is 1. The number of nitrogens with two attached hydrogens (primary N) is 1. The van der Waals surface area contributed by atoms with E-state index in [4.69, 9.17) is 10.5 Å². The Morgan fingerprint density at radius 3 is 2.71 bits per heavy atom. The fourth-order valence-corrected chi connectivity index (χ4v) is 3.13. The smallest absolute Gasteiger partial charge is 0.350 e. The molecular weight excluding hydrogens is 236 g/mol. The lowest BCUT2D eigenvalue weighted by Gasteiger charge is -2.16. The second-order valence-electron chi connectivity index (χ2n) is 4.34. The highest BCUT2D eigenvalue weighted by atomic mass is 32.1. The van der Waals surface area contributed by atoms with Gasteiger partial charge in [0.1, 0.15) is 4.88 Å². The zero-order valence-corrected chi connectivity index (χ0v) is 11.3. The van der Waals surface area contributed by atoms with Gasteiger partial charge >= 0.3 is 5.97 Å². The SMILES string of the molecule is CCN(C)c1sc(C(=O)OC)c(N)c1C1CC1. The number of ether oxygens (including phenoxy) is 1. The van der Waals surface area contributed by atoms with Gasteiger partial charge in [0.15, 0.2) is 0 Å². The molecule has 2 rings (SSSR count). The molecule has 0 amide bonds. The molecule has 0 aliphatic heterocycles. The minimum absolute atomic E-state index is 0.329. The van der Waals surface area contributed by atoms with Gasteiger partial charge < -0.3 is 15.4 Å². The van der Waals surface area contributed by atoms with Crippen LogP contribution in [0.15, 0.2) is 0 Å². The summed E-state index contributed by atoms with van der Waals surface area (Å²) in [6.07, 6.45) is 2.35. The van der Waals surface area contributed by atoms with Crippen molar-refractivity contribution in [1.82, 2.24) is 0 Å². The van der Waals surface area contributed by atoms with E-state index in [0.717, 1.165) is 17.1 Å². The molecule has 1 aromatic rings. The highest BCUT2D eigenvalue weighted by Crippen LogP contribution is 2.51. The van der Waals surface area contributed by atoms with Gasteiger partial charge in [0.05, 0.1) is 17.8 Å². The number of carbonyl (C=O) groups is 1. The molecule has 0 aromatic carbocycles. The molecule has 1 fully saturated rings. The Kier molecular flexibility index (Phi) is 3.28. The molecule has 4 nitrogen and oxygen atoms in total. The fraction of sp³-hybridized carbons (Fsp3) is 0.583. The van der Waals surface area contributed by atoms with Crippen molar-refractivity contribution < 1.29 is 9.53 Å². The van der Waals surface area contributed by atoms with Crippen LogP contribution in [0.2, 0.25) is 0 Å². The van der Waals surface area contributed by atoms with Crippen molar-refractivity contribution in [3.63, 3.8) is 0 Å². The predicted octanol–water partition coefficient (Wildman–Crippen LogP) is 2.45. The highest BCUT2D eigenvalue weighted by molar-refractivity contribution is 7.18. The summed E-state index contributed by atoms with van der Waals surface area (Å²) in [7, 11) is 3.42. The van der Waals surface area contributed by atoms with Crippen molar-refractivity contribution in [3.8, 4) is 0 Å². The van der Waals surface area contributed by atoms with Gasteiger partial charge in [-0.15, -0.1) is 11.3 Å². The second-order valence-corrected chi connectivity index (χ2v) is 5.34. The van der Waals surface area contributed by atoms with Crippen molar-refractivity contribution in [2.24, 2.45) is 0 Å². The monoisotopic (exact) mass is 254 g/mol. The van der Waals surface area contributed by atoms with Gasteiger partial charge in [0.25, 0.3) is 0 Å². The summed E-state index contributed by atoms with van der Waals surface area (Å²) in [4.78, 5) is 14.3. The third-order valence-electron chi connectivity index (χ3n) is 3.14. The van der Waals surface area contributed by atoms with Crippen LogP contribution in [0.1, 0.15) is 40.9 Å². The fourth-order valence-electron chi connectivity index (χ4n) is 1.88. The Labute approximate surface area is 105 Å². The van der Waals surface area contributed by atoms with Crippen LogP contribution in [0.3, 0.4) is 0 Å². The molecule has 1 heterocycles. The molecule has 1 saturated carbocycles. The molecule has 0 unspecified atom stereocenters. The van der Waals surface area contributed by atoms with Crippen molar-refractivity contribution >= 4 is 28.0 Å². The minimum atomic E-state index is -0.329. The van der Waals surface area contributed by atoms with Crippen LogP contribution < -0.4 is 10.6 Å². The summed E-state index contributed by atoms with van der Waals surface area (Å²) >= 11 is 1.45. The number of esters is 1. The molecule has 94 valence electrons. The van der Waals surface area contributed by atoms with E-state index in [-0.39, 0.29) is 5.97 Å². The first-order chi connectivity index (χ1) is 8.10. The standard InChI is InChI=1S/C12H18N2O2S/c1-4-14(2)11-8(7-5-6-7)9(13)10(17-11)12(15)16-3/h7H,4-6,13H2,1-3H3. The van der Waals surface area contributed by atoms with Crippen LogP contribution >= 0.6 is 11.3 Å². The Hall–Kier alpha value is -1.23. The van der Waals surface area contributed by atoms with E-state index < -0.39 is 0 Å². The molecule has 0 radical (unpaired) electrons. The summed E-state index contributed by atoms with van der Waals surface area (Å²) in [5, 5.41) is 1.12. The Morgan fingerprint density at radius 2 is 2.24 bits per heavy atom. The molecule has 0 saturated heterocycles. The van der Waals surface area contributed by atoms with E-state index >= 15 is 0 Å². The topological polar surface area (TPSA) is 55.6 Å². The molecule has 17 heavy (non-hydrogen) atoms. The third kappa shape index (κ3) is 2.11. The first kappa shape index (κ1) is 12.2. The number of nitrogen functional groups attached to an aromatic ring is 1. The maximum Gasteiger partial charge on any atom is 0.350 e. The summed E-state index contributed by atoms with van der Waals surface area (Å²) < 4.78 is 4.77. The zero-order valence-electron chi connectivity index (χ0n) is 10.4. The van der Waals surface area contributed by atoms with Crippen molar-refractivity contribution in [1.29, 1.82) is 0 Å². The molecule has 2 N–H and O–H groups in total. The van der Waals surface area contributed by atoms with Crippen molar-refractivity contribution in [2.45, 2.75) is 25.7 Å². The number of rotatable bonds is 4. The van der Waals surface area contributed by atoms with E-state index in [1.807, 2.05) is 7.05 Å². The van der Waals surface area contributed by atoms with Gasteiger partial charge in [-0.05, 0) is 25.7 Å². The van der Waals surface area contributed by atoms with E-state index in [2.05, 4.69) is 11.8 Å². The first-order valence-corrected chi connectivity index (χ1v) is 6.63. The summed E-state index contributed by atoms with van der Waals surface area (Å²) in [5.74, 6) is 0.207.